The van der Waals surface area contributed by atoms with Crippen molar-refractivity contribution in [1.82, 2.24) is 5.32 Å². The summed E-state index contributed by atoms with van der Waals surface area (Å²) in [6.45, 7) is 7.30. The van der Waals surface area contributed by atoms with E-state index >= 15 is 0 Å². The highest BCUT2D eigenvalue weighted by Gasteiger charge is 2.47. The number of nitrogens with one attached hydrogen (secondary N) is 1. The molecule has 1 aliphatic carbocycles. The Morgan fingerprint density at radius 1 is 1.45 bits per heavy atom. The lowest BCUT2D eigenvalue weighted by molar-refractivity contribution is -0.0762. The molecule has 0 radical (unpaired) electrons. The molecule has 1 heterocycles. The smallest absolute Gasteiger partial charge is 0.122 e. The molecule has 3 rings (SSSR count). The molecule has 3 atom stereocenters. The van der Waals surface area contributed by atoms with Crippen molar-refractivity contribution in [1.29, 1.82) is 0 Å². The first-order valence-corrected chi connectivity index (χ1v) is 7.72. The van der Waals surface area contributed by atoms with Gasteiger partial charge in [-0.3, -0.25) is 0 Å². The van der Waals surface area contributed by atoms with E-state index in [1.165, 1.54) is 11.1 Å². The van der Waals surface area contributed by atoms with E-state index < -0.39 is 0 Å². The fourth-order valence-electron chi connectivity index (χ4n) is 3.30. The van der Waals surface area contributed by atoms with Crippen LogP contribution in [0.25, 0.3) is 0 Å². The summed E-state index contributed by atoms with van der Waals surface area (Å²) in [6.07, 6.45) is 2.76. The van der Waals surface area contributed by atoms with Crippen LogP contribution in [-0.4, -0.2) is 23.9 Å². The zero-order valence-corrected chi connectivity index (χ0v) is 12.6. The van der Waals surface area contributed by atoms with Crippen molar-refractivity contribution in [2.24, 2.45) is 5.41 Å². The molecule has 3 heteroatoms. The highest BCUT2D eigenvalue weighted by Crippen LogP contribution is 2.42. The summed E-state index contributed by atoms with van der Waals surface area (Å²) < 4.78 is 5.57. The number of aliphatic hydroxyl groups is 1. The molecule has 20 heavy (non-hydrogen) atoms. The van der Waals surface area contributed by atoms with Gasteiger partial charge in [0, 0.05) is 23.9 Å². The SMILES string of the molecule is CCC(NC1CC(O)C1(C)C)c1ccc2c(c1)CCO2. The van der Waals surface area contributed by atoms with Crippen molar-refractivity contribution >= 4 is 0 Å². The monoisotopic (exact) mass is 275 g/mol. The lowest BCUT2D eigenvalue weighted by Crippen LogP contribution is -2.60. The van der Waals surface area contributed by atoms with Crippen LogP contribution in [0, 0.1) is 5.41 Å². The molecule has 1 aliphatic heterocycles. The summed E-state index contributed by atoms with van der Waals surface area (Å²) in [5.41, 5.74) is 2.65. The molecule has 0 bridgehead atoms. The molecule has 1 fully saturated rings. The average molecular weight is 275 g/mol. The van der Waals surface area contributed by atoms with Crippen LogP contribution in [-0.2, 0) is 6.42 Å². The van der Waals surface area contributed by atoms with Gasteiger partial charge in [-0.05, 0) is 30.0 Å². The molecule has 110 valence electrons. The van der Waals surface area contributed by atoms with Gasteiger partial charge < -0.3 is 15.2 Å². The topological polar surface area (TPSA) is 41.5 Å². The van der Waals surface area contributed by atoms with Gasteiger partial charge in [-0.2, -0.15) is 0 Å². The van der Waals surface area contributed by atoms with Gasteiger partial charge in [-0.15, -0.1) is 0 Å². The van der Waals surface area contributed by atoms with Crippen molar-refractivity contribution in [3.05, 3.63) is 29.3 Å². The predicted octanol–water partition coefficient (Wildman–Crippen LogP) is 2.82. The Labute approximate surface area is 121 Å². The molecule has 0 saturated heterocycles. The molecule has 1 aromatic rings. The number of aliphatic hydroxyl groups excluding tert-OH is 1. The molecular formula is C17H25NO2. The summed E-state index contributed by atoms with van der Waals surface area (Å²) >= 11 is 0. The molecule has 3 unspecified atom stereocenters. The minimum atomic E-state index is -0.175. The van der Waals surface area contributed by atoms with Gasteiger partial charge in [0.2, 0.25) is 0 Å². The number of ether oxygens (including phenoxy) is 1. The van der Waals surface area contributed by atoms with Crippen LogP contribution < -0.4 is 10.1 Å². The molecule has 0 aromatic heterocycles. The largest absolute Gasteiger partial charge is 0.493 e. The summed E-state index contributed by atoms with van der Waals surface area (Å²) in [4.78, 5) is 0. The summed E-state index contributed by atoms with van der Waals surface area (Å²) in [6, 6.07) is 7.31. The third-order valence-corrected chi connectivity index (χ3v) is 5.14. The zero-order valence-electron chi connectivity index (χ0n) is 12.6. The van der Waals surface area contributed by atoms with Crippen molar-refractivity contribution in [3.63, 3.8) is 0 Å². The van der Waals surface area contributed by atoms with E-state index in [2.05, 4.69) is 44.3 Å². The second kappa shape index (κ2) is 5.05. The maximum absolute atomic E-state index is 9.87. The first-order chi connectivity index (χ1) is 9.52. The maximum Gasteiger partial charge on any atom is 0.122 e. The molecule has 0 amide bonds. The maximum atomic E-state index is 9.87. The molecular weight excluding hydrogens is 250 g/mol. The Bertz CT molecular complexity index is 498. The third kappa shape index (κ3) is 2.23. The van der Waals surface area contributed by atoms with Gasteiger partial charge >= 0.3 is 0 Å². The Morgan fingerprint density at radius 2 is 2.25 bits per heavy atom. The number of hydrogen-bond acceptors (Lipinski definition) is 3. The van der Waals surface area contributed by atoms with Gasteiger partial charge in [0.25, 0.3) is 0 Å². The fourth-order valence-corrected chi connectivity index (χ4v) is 3.30. The van der Waals surface area contributed by atoms with Crippen LogP contribution in [0.1, 0.15) is 50.8 Å². The molecule has 1 aromatic carbocycles. The Hall–Kier alpha value is -1.06. The second-order valence-corrected chi connectivity index (χ2v) is 6.72. The summed E-state index contributed by atoms with van der Waals surface area (Å²) in [7, 11) is 0. The molecule has 3 nitrogen and oxygen atoms in total. The summed E-state index contributed by atoms with van der Waals surface area (Å²) in [5.74, 6) is 1.04. The Kier molecular flexibility index (Phi) is 3.51. The van der Waals surface area contributed by atoms with E-state index in [9.17, 15) is 5.11 Å². The van der Waals surface area contributed by atoms with Crippen molar-refractivity contribution in [3.8, 4) is 5.75 Å². The second-order valence-electron chi connectivity index (χ2n) is 6.72. The van der Waals surface area contributed by atoms with E-state index in [1.54, 1.807) is 0 Å². The van der Waals surface area contributed by atoms with E-state index in [0.717, 1.165) is 31.6 Å². The molecule has 1 saturated carbocycles. The average Bonchev–Trinajstić information content (AvgIpc) is 2.90. The minimum Gasteiger partial charge on any atom is -0.493 e. The molecule has 2 aliphatic rings. The lowest BCUT2D eigenvalue weighted by atomic mass is 9.64. The van der Waals surface area contributed by atoms with Gasteiger partial charge in [-0.25, -0.2) is 0 Å². The number of hydrogen-bond donors (Lipinski definition) is 2. The Balaban J connectivity index is 1.74. The molecule has 0 spiro atoms. The predicted molar refractivity (Wildman–Crippen MR) is 80.0 cm³/mol. The van der Waals surface area contributed by atoms with E-state index in [-0.39, 0.29) is 11.5 Å². The van der Waals surface area contributed by atoms with Gasteiger partial charge in [-0.1, -0.05) is 32.9 Å². The van der Waals surface area contributed by atoms with Crippen LogP contribution >= 0.6 is 0 Å². The summed E-state index contributed by atoms with van der Waals surface area (Å²) in [5, 5.41) is 13.6. The first kappa shape index (κ1) is 13.9. The highest BCUT2D eigenvalue weighted by atomic mass is 16.5. The van der Waals surface area contributed by atoms with Gasteiger partial charge in [0.1, 0.15) is 5.75 Å². The van der Waals surface area contributed by atoms with Crippen molar-refractivity contribution in [2.45, 2.75) is 58.2 Å². The first-order valence-electron chi connectivity index (χ1n) is 7.72. The lowest BCUT2D eigenvalue weighted by Gasteiger charge is -2.51. The van der Waals surface area contributed by atoms with Crippen LogP contribution in [0.5, 0.6) is 5.75 Å². The number of rotatable bonds is 4. The Morgan fingerprint density at radius 3 is 2.90 bits per heavy atom. The van der Waals surface area contributed by atoms with Crippen LogP contribution in [0.4, 0.5) is 0 Å². The van der Waals surface area contributed by atoms with Crippen molar-refractivity contribution < 1.29 is 9.84 Å². The van der Waals surface area contributed by atoms with Crippen LogP contribution in [0.15, 0.2) is 18.2 Å². The fraction of sp³-hybridized carbons (Fsp3) is 0.647. The molecule has 2 N–H and O–H groups in total. The minimum absolute atomic E-state index is 0.0206. The number of fused-ring (bicyclic) bond motifs is 1. The van der Waals surface area contributed by atoms with Gasteiger partial charge in [0.15, 0.2) is 0 Å². The van der Waals surface area contributed by atoms with Crippen molar-refractivity contribution in [2.75, 3.05) is 6.61 Å². The van der Waals surface area contributed by atoms with Crippen LogP contribution in [0.2, 0.25) is 0 Å². The van der Waals surface area contributed by atoms with E-state index in [4.69, 9.17) is 4.74 Å². The zero-order chi connectivity index (χ0) is 14.3. The van der Waals surface area contributed by atoms with Crippen LogP contribution in [0.3, 0.4) is 0 Å². The van der Waals surface area contributed by atoms with E-state index in [1.807, 2.05) is 0 Å². The number of benzene rings is 1. The normalized spacial score (nSPS) is 28.4. The van der Waals surface area contributed by atoms with Gasteiger partial charge in [0.05, 0.1) is 12.7 Å². The van der Waals surface area contributed by atoms with E-state index in [0.29, 0.717) is 12.1 Å². The quantitative estimate of drug-likeness (QED) is 0.888. The standard InChI is InChI=1S/C17H25NO2/c1-4-13(18-15-10-16(19)17(15,2)3)11-5-6-14-12(9-11)7-8-20-14/h5-6,9,13,15-16,18-19H,4,7-8,10H2,1-3H3. The third-order valence-electron chi connectivity index (χ3n) is 5.14. The highest BCUT2D eigenvalue weighted by molar-refractivity contribution is 5.40.